The fraction of sp³-hybridized carbons (Fsp3) is 0.429. The Kier molecular flexibility index (Phi) is 2.78. The first kappa shape index (κ1) is 11.3. The van der Waals surface area contributed by atoms with Gasteiger partial charge in [-0.2, -0.15) is 0 Å². The number of aromatic nitrogens is 2. The van der Waals surface area contributed by atoms with Gasteiger partial charge in [0, 0.05) is 25.3 Å². The maximum absolute atomic E-state index is 12.1. The van der Waals surface area contributed by atoms with E-state index in [1.807, 2.05) is 25.1 Å². The van der Waals surface area contributed by atoms with Crippen molar-refractivity contribution in [2.24, 2.45) is 0 Å². The first-order chi connectivity index (χ1) is 8.79. The average Bonchev–Trinajstić information content (AvgIpc) is 2.93. The fourth-order valence-electron chi connectivity index (χ4n) is 2.54. The normalized spacial score (nSPS) is 15.5. The van der Waals surface area contributed by atoms with Crippen LogP contribution in [0.5, 0.6) is 0 Å². The Labute approximate surface area is 106 Å². The Balaban J connectivity index is 2.10. The van der Waals surface area contributed by atoms with E-state index in [2.05, 4.69) is 9.88 Å². The summed E-state index contributed by atoms with van der Waals surface area (Å²) in [5.74, 6) is 0. The van der Waals surface area contributed by atoms with Gasteiger partial charge in [0.1, 0.15) is 0 Å². The molecule has 2 aromatic rings. The third-order valence-corrected chi connectivity index (χ3v) is 3.62. The molecule has 0 saturated carbocycles. The van der Waals surface area contributed by atoms with E-state index in [1.165, 1.54) is 18.5 Å². The molecule has 4 nitrogen and oxygen atoms in total. The van der Waals surface area contributed by atoms with E-state index < -0.39 is 0 Å². The quantitative estimate of drug-likeness (QED) is 0.810. The van der Waals surface area contributed by atoms with Crippen molar-refractivity contribution in [1.82, 2.24) is 9.55 Å². The van der Waals surface area contributed by atoms with E-state index in [4.69, 9.17) is 0 Å². The predicted octanol–water partition coefficient (Wildman–Crippen LogP) is 2.02. The average molecular weight is 243 g/mol. The number of nitrogens with zero attached hydrogens (tertiary/aromatic N) is 3. The summed E-state index contributed by atoms with van der Waals surface area (Å²) in [6, 6.07) is 5.98. The molecule has 0 N–H and O–H groups in total. The van der Waals surface area contributed by atoms with Crippen LogP contribution in [-0.4, -0.2) is 22.6 Å². The maximum Gasteiger partial charge on any atom is 0.261 e. The third kappa shape index (κ3) is 1.78. The second kappa shape index (κ2) is 4.44. The molecule has 1 aliphatic heterocycles. The summed E-state index contributed by atoms with van der Waals surface area (Å²) < 4.78 is 1.64. The van der Waals surface area contributed by atoms with Crippen molar-refractivity contribution in [3.63, 3.8) is 0 Å². The topological polar surface area (TPSA) is 38.1 Å². The van der Waals surface area contributed by atoms with Gasteiger partial charge in [0.15, 0.2) is 0 Å². The molecule has 4 heteroatoms. The zero-order valence-corrected chi connectivity index (χ0v) is 10.6. The molecular formula is C14H17N3O. The minimum absolute atomic E-state index is 0.0514. The second-order valence-electron chi connectivity index (χ2n) is 4.73. The molecule has 1 saturated heterocycles. The van der Waals surface area contributed by atoms with Crippen LogP contribution in [0.25, 0.3) is 10.9 Å². The summed E-state index contributed by atoms with van der Waals surface area (Å²) in [6.07, 6.45) is 4.14. The Morgan fingerprint density at radius 1 is 1.28 bits per heavy atom. The first-order valence-electron chi connectivity index (χ1n) is 6.54. The van der Waals surface area contributed by atoms with E-state index in [1.54, 1.807) is 10.9 Å². The molecule has 3 rings (SSSR count). The van der Waals surface area contributed by atoms with Crippen LogP contribution in [0.2, 0.25) is 0 Å². The number of hydrogen-bond acceptors (Lipinski definition) is 3. The van der Waals surface area contributed by atoms with Crippen molar-refractivity contribution in [1.29, 1.82) is 0 Å². The van der Waals surface area contributed by atoms with E-state index in [0.717, 1.165) is 18.6 Å². The molecule has 94 valence electrons. The molecule has 0 amide bonds. The van der Waals surface area contributed by atoms with E-state index in [-0.39, 0.29) is 5.56 Å². The molecule has 1 aliphatic rings. The third-order valence-electron chi connectivity index (χ3n) is 3.62. The van der Waals surface area contributed by atoms with Gasteiger partial charge >= 0.3 is 0 Å². The van der Waals surface area contributed by atoms with Gasteiger partial charge < -0.3 is 4.90 Å². The summed E-state index contributed by atoms with van der Waals surface area (Å²) in [4.78, 5) is 18.8. The molecule has 1 aromatic carbocycles. The highest BCUT2D eigenvalue weighted by molar-refractivity contribution is 5.81. The van der Waals surface area contributed by atoms with E-state index in [9.17, 15) is 4.79 Å². The maximum atomic E-state index is 12.1. The Hall–Kier alpha value is -1.84. The summed E-state index contributed by atoms with van der Waals surface area (Å²) in [6.45, 7) is 4.83. The lowest BCUT2D eigenvalue weighted by atomic mass is 10.2. The molecule has 2 heterocycles. The van der Waals surface area contributed by atoms with E-state index in [0.29, 0.717) is 11.9 Å². The molecular weight excluding hydrogens is 226 g/mol. The van der Waals surface area contributed by atoms with E-state index >= 15 is 0 Å². The van der Waals surface area contributed by atoms with Gasteiger partial charge in [-0.1, -0.05) is 0 Å². The van der Waals surface area contributed by atoms with Crippen LogP contribution in [0.3, 0.4) is 0 Å². The Morgan fingerprint density at radius 2 is 2.06 bits per heavy atom. The molecule has 0 unspecified atom stereocenters. The lowest BCUT2D eigenvalue weighted by Crippen LogP contribution is -2.20. The summed E-state index contributed by atoms with van der Waals surface area (Å²) in [5.41, 5.74) is 2.03. The largest absolute Gasteiger partial charge is 0.371 e. The molecule has 0 atom stereocenters. The molecule has 1 fully saturated rings. The minimum atomic E-state index is 0.0514. The summed E-state index contributed by atoms with van der Waals surface area (Å²) in [7, 11) is 0. The van der Waals surface area contributed by atoms with Crippen molar-refractivity contribution in [3.8, 4) is 0 Å². The van der Waals surface area contributed by atoms with Crippen LogP contribution in [0.1, 0.15) is 19.8 Å². The Bertz CT molecular complexity index is 626. The van der Waals surface area contributed by atoms with Gasteiger partial charge in [0.05, 0.1) is 17.2 Å². The van der Waals surface area contributed by atoms with Gasteiger partial charge in [-0.3, -0.25) is 9.36 Å². The molecule has 0 spiro atoms. The van der Waals surface area contributed by atoms with Crippen LogP contribution < -0.4 is 10.5 Å². The lowest BCUT2D eigenvalue weighted by molar-refractivity contribution is 0.717. The fourth-order valence-corrected chi connectivity index (χ4v) is 2.54. The first-order valence-corrected chi connectivity index (χ1v) is 6.54. The van der Waals surface area contributed by atoms with Gasteiger partial charge in [-0.05, 0) is 38.0 Å². The standard InChI is InChI=1S/C14H17N3O/c1-2-16-10-15-13-9-11(17-7-3-4-8-17)5-6-12(13)14(16)18/h5-6,9-10H,2-4,7-8H2,1H3. The number of fused-ring (bicyclic) bond motifs is 1. The highest BCUT2D eigenvalue weighted by atomic mass is 16.1. The van der Waals surface area contributed by atoms with Crippen LogP contribution in [0.4, 0.5) is 5.69 Å². The van der Waals surface area contributed by atoms with Crippen LogP contribution in [0.15, 0.2) is 29.3 Å². The van der Waals surface area contributed by atoms with Gasteiger partial charge in [-0.15, -0.1) is 0 Å². The highest BCUT2D eigenvalue weighted by Crippen LogP contribution is 2.22. The van der Waals surface area contributed by atoms with Gasteiger partial charge in [0.25, 0.3) is 5.56 Å². The zero-order valence-electron chi connectivity index (χ0n) is 10.6. The number of anilines is 1. The lowest BCUT2D eigenvalue weighted by Gasteiger charge is -2.17. The molecule has 0 radical (unpaired) electrons. The Morgan fingerprint density at radius 3 is 2.78 bits per heavy atom. The summed E-state index contributed by atoms with van der Waals surface area (Å²) >= 11 is 0. The smallest absolute Gasteiger partial charge is 0.261 e. The van der Waals surface area contributed by atoms with Gasteiger partial charge in [0.2, 0.25) is 0 Å². The van der Waals surface area contributed by atoms with Crippen molar-refractivity contribution in [2.75, 3.05) is 18.0 Å². The van der Waals surface area contributed by atoms with Crippen molar-refractivity contribution in [3.05, 3.63) is 34.9 Å². The molecule has 18 heavy (non-hydrogen) atoms. The predicted molar refractivity (Wildman–Crippen MR) is 73.1 cm³/mol. The monoisotopic (exact) mass is 243 g/mol. The second-order valence-corrected chi connectivity index (χ2v) is 4.73. The molecule has 0 aliphatic carbocycles. The van der Waals surface area contributed by atoms with Crippen molar-refractivity contribution < 1.29 is 0 Å². The number of hydrogen-bond donors (Lipinski definition) is 0. The number of rotatable bonds is 2. The van der Waals surface area contributed by atoms with Crippen LogP contribution in [-0.2, 0) is 6.54 Å². The van der Waals surface area contributed by atoms with Gasteiger partial charge in [-0.25, -0.2) is 4.98 Å². The van der Waals surface area contributed by atoms with Crippen LogP contribution in [0, 0.1) is 0 Å². The molecule has 0 bridgehead atoms. The van der Waals surface area contributed by atoms with Crippen LogP contribution >= 0.6 is 0 Å². The number of aryl methyl sites for hydroxylation is 1. The SMILES string of the molecule is CCn1cnc2cc(N3CCCC3)ccc2c1=O. The highest BCUT2D eigenvalue weighted by Gasteiger charge is 2.13. The summed E-state index contributed by atoms with van der Waals surface area (Å²) in [5, 5.41) is 0.710. The van der Waals surface area contributed by atoms with Crippen molar-refractivity contribution in [2.45, 2.75) is 26.3 Å². The number of benzene rings is 1. The van der Waals surface area contributed by atoms with Crippen molar-refractivity contribution >= 4 is 16.6 Å². The zero-order chi connectivity index (χ0) is 12.5. The minimum Gasteiger partial charge on any atom is -0.371 e. The molecule has 1 aromatic heterocycles.